The van der Waals surface area contributed by atoms with E-state index >= 15 is 0 Å². The van der Waals surface area contributed by atoms with Crippen LogP contribution in [0.3, 0.4) is 0 Å². The lowest BCUT2D eigenvalue weighted by Gasteiger charge is -2.42. The molecule has 7 nitrogen and oxygen atoms in total. The van der Waals surface area contributed by atoms with E-state index in [1.165, 1.54) is 18.1 Å². The zero-order chi connectivity index (χ0) is 20.3. The quantitative estimate of drug-likeness (QED) is 0.522. The van der Waals surface area contributed by atoms with E-state index in [0.717, 1.165) is 5.56 Å². The molecule has 0 aliphatic carbocycles. The lowest BCUT2D eigenvalue weighted by Crippen LogP contribution is -2.65. The number of aromatic hydroxyl groups is 1. The smallest absolute Gasteiger partial charge is 0.333 e. The van der Waals surface area contributed by atoms with E-state index in [4.69, 9.17) is 4.74 Å². The predicted molar refractivity (Wildman–Crippen MR) is 104 cm³/mol. The third kappa shape index (κ3) is 4.17. The summed E-state index contributed by atoms with van der Waals surface area (Å²) in [6.45, 7) is 0.192. The number of halogens is 1. The summed E-state index contributed by atoms with van der Waals surface area (Å²) in [7, 11) is 1.24. The van der Waals surface area contributed by atoms with E-state index in [2.05, 4.69) is 21.2 Å². The average molecular weight is 447 g/mol. The third-order valence-electron chi connectivity index (χ3n) is 4.53. The largest absolute Gasteiger partial charge is 0.507 e. The van der Waals surface area contributed by atoms with Crippen LogP contribution < -0.4 is 5.32 Å². The molecular formula is C20H19BrN2O5. The van der Waals surface area contributed by atoms with Crippen LogP contribution >= 0.6 is 15.9 Å². The number of hydrogen-bond acceptors (Lipinski definition) is 5. The molecule has 1 aliphatic rings. The Morgan fingerprint density at radius 3 is 2.61 bits per heavy atom. The van der Waals surface area contributed by atoms with Gasteiger partial charge in [0.1, 0.15) is 11.8 Å². The molecule has 0 saturated carbocycles. The number of β-lactam (4-membered cyclic amide) rings is 1. The minimum atomic E-state index is -0.948. The molecule has 8 heteroatoms. The van der Waals surface area contributed by atoms with Gasteiger partial charge in [0.25, 0.3) is 0 Å². The molecule has 2 aromatic rings. The number of esters is 1. The average Bonchev–Trinajstić information content (AvgIpc) is 2.69. The van der Waals surface area contributed by atoms with Gasteiger partial charge in [-0.25, -0.2) is 4.79 Å². The van der Waals surface area contributed by atoms with Gasteiger partial charge in [-0.3, -0.25) is 9.59 Å². The molecule has 2 N–H and O–H groups in total. The number of amides is 2. The summed E-state index contributed by atoms with van der Waals surface area (Å²) in [6, 6.07) is 12.1. The zero-order valence-electron chi connectivity index (χ0n) is 15.1. The van der Waals surface area contributed by atoms with Crippen molar-refractivity contribution in [1.82, 2.24) is 10.2 Å². The number of hydrogen-bond donors (Lipinski definition) is 2. The van der Waals surface area contributed by atoms with Gasteiger partial charge in [0.15, 0.2) is 6.04 Å². The number of phenols is 1. The molecule has 1 heterocycles. The zero-order valence-corrected chi connectivity index (χ0v) is 16.7. The van der Waals surface area contributed by atoms with E-state index in [1.54, 1.807) is 12.1 Å². The van der Waals surface area contributed by atoms with Crippen molar-refractivity contribution in [1.29, 1.82) is 0 Å². The van der Waals surface area contributed by atoms with Crippen LogP contribution in [0.4, 0.5) is 0 Å². The molecule has 2 amide bonds. The minimum absolute atomic E-state index is 0.0216. The number of methoxy groups -OCH3 is 1. The fourth-order valence-corrected chi connectivity index (χ4v) is 3.46. The number of nitrogens with one attached hydrogen (secondary N) is 1. The maximum absolute atomic E-state index is 12.6. The second-order valence-electron chi connectivity index (χ2n) is 6.41. The Balaban J connectivity index is 1.67. The Hall–Kier alpha value is -2.87. The first kappa shape index (κ1) is 19.9. The summed E-state index contributed by atoms with van der Waals surface area (Å²) >= 11 is 3.20. The normalized spacial score (nSPS) is 16.9. The lowest BCUT2D eigenvalue weighted by atomic mass is 9.98. The lowest BCUT2D eigenvalue weighted by molar-refractivity contribution is -0.162. The fraction of sp³-hybridized carbons (Fsp3) is 0.250. The van der Waals surface area contributed by atoms with Crippen molar-refractivity contribution in [2.45, 2.75) is 18.5 Å². The van der Waals surface area contributed by atoms with E-state index < -0.39 is 18.1 Å². The van der Waals surface area contributed by atoms with Gasteiger partial charge in [-0.05, 0) is 39.2 Å². The Morgan fingerprint density at radius 2 is 2.00 bits per heavy atom. The van der Waals surface area contributed by atoms with Gasteiger partial charge < -0.3 is 20.1 Å². The molecule has 146 valence electrons. The molecule has 2 unspecified atom stereocenters. The highest BCUT2D eigenvalue weighted by Gasteiger charge is 2.45. The number of carbonyl (C=O) groups is 3. The van der Waals surface area contributed by atoms with Gasteiger partial charge >= 0.3 is 5.97 Å². The molecular weight excluding hydrogens is 428 g/mol. The van der Waals surface area contributed by atoms with Crippen LogP contribution in [-0.2, 0) is 25.5 Å². The molecule has 0 bridgehead atoms. The summed E-state index contributed by atoms with van der Waals surface area (Å²) in [4.78, 5) is 38.4. The Labute approximate surface area is 170 Å². The molecule has 0 aromatic heterocycles. The van der Waals surface area contributed by atoms with E-state index in [-0.39, 0.29) is 30.5 Å². The molecule has 0 spiro atoms. The van der Waals surface area contributed by atoms with Crippen LogP contribution in [0.2, 0.25) is 0 Å². The summed E-state index contributed by atoms with van der Waals surface area (Å²) in [5.74, 6) is -1.19. The third-order valence-corrected chi connectivity index (χ3v) is 5.16. The highest BCUT2D eigenvalue weighted by Crippen LogP contribution is 2.33. The van der Waals surface area contributed by atoms with Gasteiger partial charge in [-0.15, -0.1) is 0 Å². The highest BCUT2D eigenvalue weighted by atomic mass is 79.9. The standard InChI is InChI=1S/C20H19BrN2O5/c1-28-20(27)18(13-7-8-16(24)14(21)10-13)23-11-15(19(23)26)22-17(25)9-12-5-3-2-4-6-12/h2-8,10,15,18,24H,9,11H2,1H3,(H,22,25). The number of likely N-dealkylation sites (tertiary alicyclic amines) is 1. The molecule has 1 aliphatic heterocycles. The Morgan fingerprint density at radius 1 is 1.29 bits per heavy atom. The number of benzene rings is 2. The first-order valence-corrected chi connectivity index (χ1v) is 9.40. The van der Waals surface area contributed by atoms with Crippen LogP contribution in [0.25, 0.3) is 0 Å². The van der Waals surface area contributed by atoms with E-state index in [0.29, 0.717) is 10.0 Å². The number of nitrogens with zero attached hydrogens (tertiary/aromatic N) is 1. The Kier molecular flexibility index (Phi) is 5.99. The number of phenolic OH excluding ortho intramolecular Hbond substituents is 1. The molecule has 3 rings (SSSR count). The van der Waals surface area contributed by atoms with E-state index in [9.17, 15) is 19.5 Å². The first-order valence-electron chi connectivity index (χ1n) is 8.60. The maximum Gasteiger partial charge on any atom is 0.333 e. The molecule has 2 aromatic carbocycles. The van der Waals surface area contributed by atoms with Crippen LogP contribution in [0.5, 0.6) is 5.75 Å². The number of carbonyl (C=O) groups excluding carboxylic acids is 3. The maximum atomic E-state index is 12.6. The van der Waals surface area contributed by atoms with Crippen molar-refractivity contribution in [3.05, 3.63) is 64.1 Å². The van der Waals surface area contributed by atoms with Gasteiger partial charge in [0, 0.05) is 0 Å². The summed E-state index contributed by atoms with van der Waals surface area (Å²) < 4.78 is 5.24. The van der Waals surface area contributed by atoms with Gasteiger partial charge in [-0.1, -0.05) is 36.4 Å². The van der Waals surface area contributed by atoms with Crippen LogP contribution in [0.15, 0.2) is 53.0 Å². The fourth-order valence-electron chi connectivity index (χ4n) is 3.07. The Bertz CT molecular complexity index is 903. The first-order chi connectivity index (χ1) is 13.4. The topological polar surface area (TPSA) is 95.9 Å². The molecule has 2 atom stereocenters. The van der Waals surface area contributed by atoms with Crippen molar-refractivity contribution in [2.75, 3.05) is 13.7 Å². The molecule has 28 heavy (non-hydrogen) atoms. The summed E-state index contributed by atoms with van der Waals surface area (Å²) in [5.41, 5.74) is 1.35. The van der Waals surface area contributed by atoms with Gasteiger partial charge in [0.2, 0.25) is 11.8 Å². The van der Waals surface area contributed by atoms with Crippen LogP contribution in [0, 0.1) is 0 Å². The van der Waals surface area contributed by atoms with Crippen molar-refractivity contribution < 1.29 is 24.2 Å². The van der Waals surface area contributed by atoms with Crippen LogP contribution in [0.1, 0.15) is 17.2 Å². The molecule has 1 saturated heterocycles. The van der Waals surface area contributed by atoms with Crippen molar-refractivity contribution >= 4 is 33.7 Å². The minimum Gasteiger partial charge on any atom is -0.507 e. The van der Waals surface area contributed by atoms with Crippen molar-refractivity contribution in [3.63, 3.8) is 0 Å². The van der Waals surface area contributed by atoms with Gasteiger partial charge in [0.05, 0.1) is 24.5 Å². The molecule has 0 radical (unpaired) electrons. The van der Waals surface area contributed by atoms with E-state index in [1.807, 2.05) is 30.3 Å². The van der Waals surface area contributed by atoms with Crippen molar-refractivity contribution in [2.24, 2.45) is 0 Å². The van der Waals surface area contributed by atoms with Gasteiger partial charge in [-0.2, -0.15) is 0 Å². The second kappa shape index (κ2) is 8.43. The summed E-state index contributed by atoms with van der Waals surface area (Å²) in [5, 5.41) is 12.4. The second-order valence-corrected chi connectivity index (χ2v) is 7.26. The molecule has 1 fully saturated rings. The number of rotatable bonds is 6. The SMILES string of the molecule is COC(=O)C(c1ccc(O)c(Br)c1)N1CC(NC(=O)Cc2ccccc2)C1=O. The summed E-state index contributed by atoms with van der Waals surface area (Å²) in [6.07, 6.45) is 0.177. The number of ether oxygens (including phenoxy) is 1. The van der Waals surface area contributed by atoms with Crippen molar-refractivity contribution in [3.8, 4) is 5.75 Å². The highest BCUT2D eigenvalue weighted by molar-refractivity contribution is 9.10. The monoisotopic (exact) mass is 446 g/mol. The predicted octanol–water partition coefficient (Wildman–Crippen LogP) is 1.94. The van der Waals surface area contributed by atoms with Crippen LogP contribution in [-0.4, -0.2) is 47.5 Å².